The highest BCUT2D eigenvalue weighted by atomic mass is 127. The van der Waals surface area contributed by atoms with E-state index in [1.54, 1.807) is 24.5 Å². The lowest BCUT2D eigenvalue weighted by Gasteiger charge is -2.19. The predicted molar refractivity (Wildman–Crippen MR) is 132 cm³/mol. The third kappa shape index (κ3) is 7.60. The van der Waals surface area contributed by atoms with E-state index in [1.807, 2.05) is 24.8 Å². The van der Waals surface area contributed by atoms with Gasteiger partial charge in [0.25, 0.3) is 0 Å². The van der Waals surface area contributed by atoms with E-state index in [0.29, 0.717) is 37.2 Å². The largest absolute Gasteiger partial charge is 0.357 e. The molecule has 0 radical (unpaired) electrons. The van der Waals surface area contributed by atoms with E-state index in [4.69, 9.17) is 0 Å². The number of halogens is 2. The predicted octanol–water partition coefficient (Wildman–Crippen LogP) is 2.70. The highest BCUT2D eigenvalue weighted by Crippen LogP contribution is 2.20. The lowest BCUT2D eigenvalue weighted by atomic mass is 10.3. The quantitative estimate of drug-likeness (QED) is 0.284. The highest BCUT2D eigenvalue weighted by Gasteiger charge is 2.25. The first kappa shape index (κ1) is 24.8. The van der Waals surface area contributed by atoms with Gasteiger partial charge in [-0.15, -0.1) is 24.0 Å². The topological polar surface area (TPSA) is 94.5 Å². The molecule has 2 aromatic heterocycles. The van der Waals surface area contributed by atoms with E-state index in [9.17, 15) is 9.18 Å². The van der Waals surface area contributed by atoms with E-state index in [0.717, 1.165) is 18.5 Å². The smallest absolute Gasteiger partial charge is 0.227 e. The van der Waals surface area contributed by atoms with Crippen molar-refractivity contribution in [2.75, 3.05) is 36.4 Å². The number of aryl methyl sites for hydroxylation is 1. The fourth-order valence-electron chi connectivity index (χ4n) is 3.21. The molecule has 0 spiro atoms. The molecule has 1 amide bonds. The molecule has 1 aliphatic rings. The molecule has 1 unspecified atom stereocenters. The standard InChI is InChI=1S/C21H28FN7O.HI/c1-3-23-21(25-11-8-19(30)28-18-7-6-15(2)13-26-18)27-16-9-12-29(14-16)20-17(22)5-4-10-24-20;/h4-7,10,13,16H,3,8-9,11-12,14H2,1-2H3,(H2,23,25,27)(H,26,28,30);1H. The summed E-state index contributed by atoms with van der Waals surface area (Å²) in [7, 11) is 0. The van der Waals surface area contributed by atoms with Crippen LogP contribution in [0, 0.1) is 12.7 Å². The van der Waals surface area contributed by atoms with Crippen LogP contribution in [0.25, 0.3) is 0 Å². The van der Waals surface area contributed by atoms with Gasteiger partial charge in [-0.05, 0) is 44.0 Å². The number of hydrogen-bond donors (Lipinski definition) is 3. The third-order valence-corrected chi connectivity index (χ3v) is 4.70. The minimum atomic E-state index is -0.312. The summed E-state index contributed by atoms with van der Waals surface area (Å²) >= 11 is 0. The first-order valence-corrected chi connectivity index (χ1v) is 10.2. The van der Waals surface area contributed by atoms with Crippen molar-refractivity contribution in [1.82, 2.24) is 20.6 Å². The van der Waals surface area contributed by atoms with E-state index < -0.39 is 0 Å². The number of hydrogen-bond acceptors (Lipinski definition) is 5. The summed E-state index contributed by atoms with van der Waals surface area (Å²) in [5, 5.41) is 9.33. The molecule has 0 saturated carbocycles. The van der Waals surface area contributed by atoms with Crippen LogP contribution in [0.1, 0.15) is 25.3 Å². The number of carbonyl (C=O) groups is 1. The zero-order chi connectivity index (χ0) is 21.3. The fourth-order valence-corrected chi connectivity index (χ4v) is 3.21. The Kier molecular flexibility index (Phi) is 9.89. The van der Waals surface area contributed by atoms with Crippen molar-refractivity contribution in [2.24, 2.45) is 4.99 Å². The van der Waals surface area contributed by atoms with Crippen LogP contribution < -0.4 is 20.9 Å². The highest BCUT2D eigenvalue weighted by molar-refractivity contribution is 14.0. The number of aromatic nitrogens is 2. The zero-order valence-electron chi connectivity index (χ0n) is 17.8. The summed E-state index contributed by atoms with van der Waals surface area (Å²) in [6.45, 7) is 6.33. The van der Waals surface area contributed by atoms with Crippen LogP contribution in [-0.2, 0) is 4.79 Å². The van der Waals surface area contributed by atoms with Crippen molar-refractivity contribution in [3.05, 3.63) is 48.0 Å². The van der Waals surface area contributed by atoms with E-state index >= 15 is 0 Å². The lowest BCUT2D eigenvalue weighted by Crippen LogP contribution is -2.44. The second kappa shape index (κ2) is 12.4. The Hall–Kier alpha value is -2.50. The average Bonchev–Trinajstić information content (AvgIpc) is 3.18. The average molecular weight is 541 g/mol. The van der Waals surface area contributed by atoms with Gasteiger partial charge in [0, 0.05) is 44.5 Å². The first-order valence-electron chi connectivity index (χ1n) is 10.2. The molecule has 8 nitrogen and oxygen atoms in total. The van der Waals surface area contributed by atoms with Gasteiger partial charge in [0.1, 0.15) is 5.82 Å². The van der Waals surface area contributed by atoms with E-state index in [-0.39, 0.29) is 48.2 Å². The number of amides is 1. The van der Waals surface area contributed by atoms with Crippen LogP contribution >= 0.6 is 24.0 Å². The van der Waals surface area contributed by atoms with Crippen molar-refractivity contribution < 1.29 is 9.18 Å². The summed E-state index contributed by atoms with van der Waals surface area (Å²) in [6, 6.07) is 6.81. The normalized spacial score (nSPS) is 15.9. The molecule has 0 aliphatic carbocycles. The van der Waals surface area contributed by atoms with Crippen LogP contribution in [0.2, 0.25) is 0 Å². The van der Waals surface area contributed by atoms with Gasteiger partial charge in [0.15, 0.2) is 17.6 Å². The second-order valence-electron chi connectivity index (χ2n) is 7.16. The maximum absolute atomic E-state index is 14.0. The summed E-state index contributed by atoms with van der Waals surface area (Å²) in [4.78, 5) is 26.8. The van der Waals surface area contributed by atoms with Crippen molar-refractivity contribution in [3.8, 4) is 0 Å². The molecule has 2 aromatic rings. The van der Waals surface area contributed by atoms with Gasteiger partial charge >= 0.3 is 0 Å². The molecule has 1 saturated heterocycles. The van der Waals surface area contributed by atoms with Gasteiger partial charge in [-0.3, -0.25) is 9.79 Å². The molecule has 3 heterocycles. The van der Waals surface area contributed by atoms with Gasteiger partial charge < -0.3 is 20.9 Å². The monoisotopic (exact) mass is 541 g/mol. The zero-order valence-corrected chi connectivity index (χ0v) is 20.1. The van der Waals surface area contributed by atoms with Crippen LogP contribution in [0.5, 0.6) is 0 Å². The first-order chi connectivity index (χ1) is 14.5. The summed E-state index contributed by atoms with van der Waals surface area (Å²) in [6.07, 6.45) is 4.41. The number of anilines is 2. The minimum Gasteiger partial charge on any atom is -0.357 e. The molecule has 1 atom stereocenters. The SMILES string of the molecule is CCNC(=NCCC(=O)Nc1ccc(C)cn1)NC1CCN(c2ncccc2F)C1.I. The van der Waals surface area contributed by atoms with Gasteiger partial charge in [0.05, 0.1) is 6.54 Å². The van der Waals surface area contributed by atoms with Gasteiger partial charge in [-0.1, -0.05) is 6.07 Å². The Morgan fingerprint density at radius 2 is 2.16 bits per heavy atom. The molecule has 10 heteroatoms. The van der Waals surface area contributed by atoms with Gasteiger partial charge in [-0.25, -0.2) is 14.4 Å². The van der Waals surface area contributed by atoms with Crippen molar-refractivity contribution in [1.29, 1.82) is 0 Å². The lowest BCUT2D eigenvalue weighted by molar-refractivity contribution is -0.116. The van der Waals surface area contributed by atoms with Crippen LogP contribution in [0.4, 0.5) is 16.0 Å². The Labute approximate surface area is 199 Å². The Morgan fingerprint density at radius 3 is 2.87 bits per heavy atom. The summed E-state index contributed by atoms with van der Waals surface area (Å²) < 4.78 is 14.0. The molecule has 31 heavy (non-hydrogen) atoms. The number of aliphatic imine (C=N–C) groups is 1. The Morgan fingerprint density at radius 1 is 1.32 bits per heavy atom. The van der Waals surface area contributed by atoms with Gasteiger partial charge in [-0.2, -0.15) is 0 Å². The second-order valence-corrected chi connectivity index (χ2v) is 7.16. The van der Waals surface area contributed by atoms with Crippen molar-refractivity contribution in [2.45, 2.75) is 32.7 Å². The van der Waals surface area contributed by atoms with Crippen molar-refractivity contribution >= 4 is 47.5 Å². The molecule has 1 fully saturated rings. The molecule has 3 rings (SSSR count). The number of guanidine groups is 1. The van der Waals surface area contributed by atoms with Crippen LogP contribution in [-0.4, -0.2) is 54.1 Å². The Bertz CT molecular complexity index is 878. The minimum absolute atomic E-state index is 0. The van der Waals surface area contributed by atoms with Crippen molar-refractivity contribution in [3.63, 3.8) is 0 Å². The molecular formula is C21H29FIN7O. The molecule has 0 bridgehead atoms. The number of carbonyl (C=O) groups excluding carboxylic acids is 1. The maximum Gasteiger partial charge on any atom is 0.227 e. The molecule has 0 aromatic carbocycles. The van der Waals surface area contributed by atoms with Crippen LogP contribution in [0.15, 0.2) is 41.7 Å². The molecule has 3 N–H and O–H groups in total. The maximum atomic E-state index is 14.0. The number of nitrogens with one attached hydrogen (secondary N) is 3. The molecular weight excluding hydrogens is 512 g/mol. The molecule has 168 valence electrons. The van der Waals surface area contributed by atoms with E-state index in [1.165, 1.54) is 6.07 Å². The van der Waals surface area contributed by atoms with Gasteiger partial charge in [0.2, 0.25) is 5.91 Å². The number of nitrogens with zero attached hydrogens (tertiary/aromatic N) is 4. The summed E-state index contributed by atoms with van der Waals surface area (Å²) in [5.41, 5.74) is 1.04. The van der Waals surface area contributed by atoms with Crippen LogP contribution in [0.3, 0.4) is 0 Å². The van der Waals surface area contributed by atoms with E-state index in [2.05, 4.69) is 30.9 Å². The Balaban J connectivity index is 0.00000341. The molecule has 1 aliphatic heterocycles. The number of rotatable bonds is 7. The fraction of sp³-hybridized carbons (Fsp3) is 0.429. The summed E-state index contributed by atoms with van der Waals surface area (Å²) in [5.74, 6) is 1.11. The third-order valence-electron chi connectivity index (χ3n) is 4.70. The number of pyridine rings is 2.